The zero-order valence-electron chi connectivity index (χ0n) is 49.3. The number of fused-ring (bicyclic) bond motifs is 4. The average Bonchev–Trinajstić information content (AvgIpc) is 2.59. The van der Waals surface area contributed by atoms with E-state index in [1.54, 1.807) is 12.1 Å². The molecule has 12 aromatic rings. The van der Waals surface area contributed by atoms with Gasteiger partial charge in [0, 0.05) is 16.3 Å². The van der Waals surface area contributed by atoms with Gasteiger partial charge in [-0.15, -0.1) is 0 Å². The number of aromatic nitrogens is 4. The number of rotatable bonds is 9. The van der Waals surface area contributed by atoms with Gasteiger partial charge in [-0.2, -0.15) is 0 Å². The van der Waals surface area contributed by atoms with Gasteiger partial charge in [0.2, 0.25) is 0 Å². The average molecular weight is 1120 g/mol. The third-order valence-corrected chi connectivity index (χ3v) is 14.5. The number of imidazole rings is 1. The fraction of sp³-hybridized carbons (Fsp3) is 0.0625. The van der Waals surface area contributed by atoms with E-state index in [0.717, 1.165) is 55.1 Å². The first-order valence-corrected chi connectivity index (χ1v) is 24.8. The van der Waals surface area contributed by atoms with Crippen LogP contribution < -0.4 is 15.0 Å². The Morgan fingerprint density at radius 2 is 1.15 bits per heavy atom. The summed E-state index contributed by atoms with van der Waals surface area (Å²) in [6.45, 7) is 5.66. The molecule has 1 aliphatic heterocycles. The molecule has 0 radical (unpaired) electrons. The van der Waals surface area contributed by atoms with Crippen molar-refractivity contribution in [1.29, 1.82) is 0 Å². The van der Waals surface area contributed by atoms with Gasteiger partial charge in [-0.3, -0.25) is 0 Å². The number of hydrogen-bond donors (Lipinski definition) is 0. The van der Waals surface area contributed by atoms with Gasteiger partial charge in [-0.25, -0.2) is 0 Å². The first-order valence-electron chi connectivity index (χ1n) is 28.7. The van der Waals surface area contributed by atoms with Crippen molar-refractivity contribution in [3.63, 3.8) is 0 Å². The van der Waals surface area contributed by atoms with Crippen molar-refractivity contribution in [2.24, 2.45) is 0 Å². The SMILES string of the molecule is [2H]c1c([2H])c([2H])c(-c2cccc(-c3ccccc3)c2-n2[c](=[Pt])n(-c3cccc(Oc4nc(N5B(c6ccccc6)n6c7ccccc7c7cccc5c76)cc(C(C)(C)C)c4-c4c([2H])c([2H])c([2H])c([2H])c4[2H])c3)c3ccccc32)c([2H])c1[2H]. The van der Waals surface area contributed by atoms with Crippen LogP contribution in [0.25, 0.3) is 77.6 Å². The van der Waals surface area contributed by atoms with Gasteiger partial charge in [-0.05, 0) is 6.07 Å². The predicted molar refractivity (Wildman–Crippen MR) is 294 cm³/mol. The topological polar surface area (TPSA) is 40.1 Å². The number of para-hydroxylation sites is 5. The molecule has 348 valence electrons. The summed E-state index contributed by atoms with van der Waals surface area (Å²) in [5.41, 5.74) is 9.04. The van der Waals surface area contributed by atoms with Crippen LogP contribution in [0.15, 0.2) is 236 Å². The molecular formula is C64H48BN5OPt. The van der Waals surface area contributed by atoms with Gasteiger partial charge in [-0.1, -0.05) is 60.7 Å². The minimum absolute atomic E-state index is 0.0286. The number of nitrogens with zero attached hydrogens (tertiary/aromatic N) is 5. The molecule has 1 aliphatic rings. The van der Waals surface area contributed by atoms with Crippen molar-refractivity contribution in [2.75, 3.05) is 4.81 Å². The van der Waals surface area contributed by atoms with Crippen LogP contribution in [0.2, 0.25) is 0 Å². The van der Waals surface area contributed by atoms with E-state index in [1.807, 2.05) is 136 Å². The Hall–Kier alpha value is -8.25. The van der Waals surface area contributed by atoms with Gasteiger partial charge >= 0.3 is 362 Å². The van der Waals surface area contributed by atoms with E-state index < -0.39 is 60.7 Å². The van der Waals surface area contributed by atoms with Crippen LogP contribution in [0.4, 0.5) is 11.5 Å². The van der Waals surface area contributed by atoms with Gasteiger partial charge in [0.05, 0.1) is 1.37 Å². The van der Waals surface area contributed by atoms with Gasteiger partial charge < -0.3 is 0 Å². The van der Waals surface area contributed by atoms with Crippen LogP contribution >= 0.6 is 0 Å². The molecule has 0 aliphatic carbocycles. The summed E-state index contributed by atoms with van der Waals surface area (Å²) >= 11 is 2.28. The Kier molecular flexibility index (Phi) is 8.32. The van der Waals surface area contributed by atoms with Crippen LogP contribution in [-0.2, 0) is 24.8 Å². The molecule has 0 saturated carbocycles. The molecule has 0 saturated heterocycles. The van der Waals surface area contributed by atoms with Crippen LogP contribution in [0, 0.1) is 3.80 Å². The van der Waals surface area contributed by atoms with E-state index in [4.69, 9.17) is 17.9 Å². The molecule has 0 N–H and O–H groups in total. The molecule has 9 aromatic carbocycles. The Bertz CT molecular complexity index is 4660. The zero-order valence-corrected chi connectivity index (χ0v) is 41.6. The van der Waals surface area contributed by atoms with Crippen LogP contribution in [0.1, 0.15) is 40.0 Å². The molecule has 0 spiro atoms. The molecule has 4 heterocycles. The normalized spacial score (nSPS) is 14.3. The Balaban J connectivity index is 1.05. The second-order valence-electron chi connectivity index (χ2n) is 18.7. The van der Waals surface area contributed by atoms with Gasteiger partial charge in [0.25, 0.3) is 0 Å². The molecule has 13 rings (SSSR count). The minimum atomic E-state index is -0.718. The molecule has 0 atom stereocenters. The Labute approximate surface area is 444 Å². The Morgan fingerprint density at radius 3 is 1.88 bits per heavy atom. The third-order valence-electron chi connectivity index (χ3n) is 13.4. The van der Waals surface area contributed by atoms with Crippen molar-refractivity contribution in [3.8, 4) is 56.4 Å². The fourth-order valence-corrected chi connectivity index (χ4v) is 11.5. The second kappa shape index (κ2) is 17.6. The zero-order chi connectivity index (χ0) is 57.2. The quantitative estimate of drug-likeness (QED) is 0.135. The summed E-state index contributed by atoms with van der Waals surface area (Å²) in [5, 5.41) is 2.20. The van der Waals surface area contributed by atoms with E-state index in [1.165, 1.54) is 0 Å². The van der Waals surface area contributed by atoms with Crippen molar-refractivity contribution in [1.82, 2.24) is 18.6 Å². The molecule has 6 nitrogen and oxygen atoms in total. The monoisotopic (exact) mass is 1120 g/mol. The summed E-state index contributed by atoms with van der Waals surface area (Å²) in [7, 11) is 0. The van der Waals surface area contributed by atoms with E-state index in [2.05, 4.69) is 86.3 Å². The van der Waals surface area contributed by atoms with Crippen molar-refractivity contribution >= 4 is 56.8 Å². The molecule has 0 bridgehead atoms. The van der Waals surface area contributed by atoms with Crippen molar-refractivity contribution < 1.29 is 37.8 Å². The van der Waals surface area contributed by atoms with E-state index in [-0.39, 0.29) is 34.7 Å². The molecule has 0 amide bonds. The molecule has 0 unspecified atom stereocenters. The molecule has 0 fully saturated rings. The third kappa shape index (κ3) is 7.21. The Morgan fingerprint density at radius 1 is 0.556 bits per heavy atom. The summed E-state index contributed by atoms with van der Waals surface area (Å²) in [5.74, 6) is 0.877. The maximum atomic E-state index is 9.43. The summed E-state index contributed by atoms with van der Waals surface area (Å²) in [6.07, 6.45) is 0. The fourth-order valence-electron chi connectivity index (χ4n) is 10.4. The van der Waals surface area contributed by atoms with Crippen molar-refractivity contribution in [2.45, 2.75) is 26.2 Å². The first kappa shape index (κ1) is 34.1. The number of anilines is 2. The standard InChI is InChI=1S/C64H48BN5O.Pt/c1-64(2,3)54-42-59(69-58-40-22-36-53-52-33-16-17-37-55(52)70(62(53)58)65(69)47-29-14-7-15-30-47)66-63(60(54)46-27-12-6-13-28-46)71-49-32-20-31-48(41-49)67-43-68(57-39-19-18-38-56(57)67)61-50(44-23-8-4-9-24-44)34-21-35-51(61)45-25-10-5-11-26-45;/h4-42H,1-3H3;/i4D,6D,8D,9D,12D,13D,23D,24D,27D,28D;. The van der Waals surface area contributed by atoms with Crippen LogP contribution in [-0.4, -0.2) is 25.6 Å². The molecule has 72 heavy (non-hydrogen) atoms. The van der Waals surface area contributed by atoms with E-state index in [0.29, 0.717) is 37.9 Å². The second-order valence-corrected chi connectivity index (χ2v) is 19.8. The molecule has 8 heteroatoms. The number of hydrogen-bond acceptors (Lipinski definition) is 3. The van der Waals surface area contributed by atoms with E-state index >= 15 is 0 Å². The summed E-state index contributed by atoms with van der Waals surface area (Å²) in [6, 6.07) is 53.3. The first-order chi connectivity index (χ1) is 39.5. The van der Waals surface area contributed by atoms with Crippen LogP contribution in [0.3, 0.4) is 0 Å². The summed E-state index contributed by atoms with van der Waals surface area (Å²) in [4.78, 5) is 7.67. The van der Waals surface area contributed by atoms with Gasteiger partial charge in [0.15, 0.2) is 0 Å². The van der Waals surface area contributed by atoms with E-state index in [9.17, 15) is 5.48 Å². The van der Waals surface area contributed by atoms with Crippen molar-refractivity contribution in [3.05, 3.63) is 246 Å². The number of ether oxygens (including phenoxy) is 1. The molecular weight excluding hydrogens is 1060 g/mol. The molecule has 3 aromatic heterocycles. The maximum absolute atomic E-state index is 9.43. The number of benzene rings is 9. The van der Waals surface area contributed by atoms with Crippen LogP contribution in [0.5, 0.6) is 11.6 Å². The number of pyridine rings is 1. The predicted octanol–water partition coefficient (Wildman–Crippen LogP) is 15.5. The van der Waals surface area contributed by atoms with Gasteiger partial charge in [0.1, 0.15) is 0 Å². The summed E-state index contributed by atoms with van der Waals surface area (Å²) < 4.78 is 104.